The van der Waals surface area contributed by atoms with Gasteiger partial charge in [-0.1, -0.05) is 55.3 Å². The van der Waals surface area contributed by atoms with Crippen molar-refractivity contribution in [1.29, 1.82) is 0 Å². The zero-order valence-corrected chi connectivity index (χ0v) is 21.3. The molecule has 1 aromatic heterocycles. The van der Waals surface area contributed by atoms with E-state index in [2.05, 4.69) is 74.3 Å². The van der Waals surface area contributed by atoms with Crippen molar-refractivity contribution < 1.29 is 4.79 Å². The molecule has 6 rings (SSSR count). The summed E-state index contributed by atoms with van der Waals surface area (Å²) in [5.41, 5.74) is 3.69. The first kappa shape index (κ1) is 23.5. The maximum absolute atomic E-state index is 13.4. The molecular formula is C30H39N5O. The van der Waals surface area contributed by atoms with Gasteiger partial charge in [-0.15, -0.1) is 0 Å². The van der Waals surface area contributed by atoms with E-state index in [-0.39, 0.29) is 11.8 Å². The number of amides is 1. The van der Waals surface area contributed by atoms with Crippen molar-refractivity contribution >= 4 is 22.9 Å². The summed E-state index contributed by atoms with van der Waals surface area (Å²) >= 11 is 0. The Labute approximate surface area is 214 Å². The zero-order valence-electron chi connectivity index (χ0n) is 21.3. The minimum atomic E-state index is 0.0398. The van der Waals surface area contributed by atoms with E-state index in [1.807, 2.05) is 0 Å². The number of aromatic nitrogens is 2. The minimum Gasteiger partial charge on any atom is -0.353 e. The molecule has 3 aromatic rings. The smallest absolute Gasteiger partial charge is 0.225 e. The van der Waals surface area contributed by atoms with Crippen molar-refractivity contribution in [2.75, 3.05) is 31.1 Å². The predicted octanol–water partition coefficient (Wildman–Crippen LogP) is 5.15. The number of hydrogen-bond donors (Lipinski definition) is 1. The van der Waals surface area contributed by atoms with Gasteiger partial charge in [0.2, 0.25) is 11.9 Å². The monoisotopic (exact) mass is 485 g/mol. The van der Waals surface area contributed by atoms with Crippen LogP contribution in [0.3, 0.4) is 0 Å². The minimum absolute atomic E-state index is 0.0398. The van der Waals surface area contributed by atoms with Crippen molar-refractivity contribution in [1.82, 2.24) is 19.8 Å². The first-order chi connectivity index (χ1) is 17.7. The molecule has 3 heterocycles. The summed E-state index contributed by atoms with van der Waals surface area (Å²) in [7, 11) is 0. The second kappa shape index (κ2) is 10.6. The van der Waals surface area contributed by atoms with Crippen LogP contribution in [0.5, 0.6) is 0 Å². The van der Waals surface area contributed by atoms with Crippen LogP contribution in [0.1, 0.15) is 63.0 Å². The van der Waals surface area contributed by atoms with Gasteiger partial charge in [0, 0.05) is 44.8 Å². The Morgan fingerprint density at radius 1 is 0.861 bits per heavy atom. The van der Waals surface area contributed by atoms with Crippen molar-refractivity contribution in [3.05, 3.63) is 60.2 Å². The van der Waals surface area contributed by atoms with E-state index >= 15 is 0 Å². The summed E-state index contributed by atoms with van der Waals surface area (Å²) < 4.78 is 2.49. The van der Waals surface area contributed by atoms with Crippen molar-refractivity contribution in [2.45, 2.75) is 70.0 Å². The molecule has 2 saturated heterocycles. The van der Waals surface area contributed by atoms with Gasteiger partial charge in [-0.05, 0) is 56.2 Å². The van der Waals surface area contributed by atoms with E-state index in [9.17, 15) is 4.79 Å². The molecule has 1 N–H and O–H groups in total. The van der Waals surface area contributed by atoms with Crippen molar-refractivity contribution in [3.63, 3.8) is 0 Å². The van der Waals surface area contributed by atoms with Crippen LogP contribution in [0.2, 0.25) is 0 Å². The van der Waals surface area contributed by atoms with Gasteiger partial charge in [-0.25, -0.2) is 4.98 Å². The molecule has 0 spiro atoms. The number of para-hydroxylation sites is 2. The lowest BCUT2D eigenvalue weighted by Gasteiger charge is -2.36. The molecule has 1 aliphatic carbocycles. The van der Waals surface area contributed by atoms with E-state index in [0.717, 1.165) is 69.9 Å². The van der Waals surface area contributed by atoms with Gasteiger partial charge in [0.1, 0.15) is 0 Å². The number of carbonyl (C=O) groups is 1. The molecule has 0 bridgehead atoms. The lowest BCUT2D eigenvalue weighted by Crippen LogP contribution is -2.49. The summed E-state index contributed by atoms with van der Waals surface area (Å²) in [6, 6.07) is 20.1. The van der Waals surface area contributed by atoms with Crippen molar-refractivity contribution in [2.24, 2.45) is 5.92 Å². The first-order valence-electron chi connectivity index (χ1n) is 14.0. The molecule has 2 aromatic carbocycles. The van der Waals surface area contributed by atoms with Crippen LogP contribution >= 0.6 is 0 Å². The topological polar surface area (TPSA) is 53.4 Å². The van der Waals surface area contributed by atoms with Crippen LogP contribution in [0, 0.1) is 5.92 Å². The third kappa shape index (κ3) is 5.01. The second-order valence-electron chi connectivity index (χ2n) is 11.0. The van der Waals surface area contributed by atoms with Gasteiger partial charge < -0.3 is 14.8 Å². The molecule has 190 valence electrons. The Hall–Kier alpha value is -2.86. The molecule has 36 heavy (non-hydrogen) atoms. The van der Waals surface area contributed by atoms with Gasteiger partial charge in [0.25, 0.3) is 0 Å². The van der Waals surface area contributed by atoms with Crippen LogP contribution in [-0.2, 0) is 11.3 Å². The molecule has 2 aliphatic heterocycles. The molecule has 3 aliphatic rings. The first-order valence-corrected chi connectivity index (χ1v) is 14.0. The molecule has 1 amide bonds. The highest BCUT2D eigenvalue weighted by Gasteiger charge is 2.32. The number of nitrogens with one attached hydrogen (secondary N) is 1. The second-order valence-corrected chi connectivity index (χ2v) is 11.0. The maximum Gasteiger partial charge on any atom is 0.225 e. The molecule has 0 unspecified atom stereocenters. The standard InChI is InChI=1S/C30H39N5O/c36-29(31-25-16-19-33(20-17-25)21-23-9-2-1-3-10-23)24-11-8-18-34(22-24)30-32-27-14-6-7-15-28(27)35(30)26-12-4-5-13-26/h1-3,6-7,9-10,14-15,24-26H,4-5,8,11-13,16-22H2,(H,31,36)/t24-/m1/s1. The fourth-order valence-corrected chi connectivity index (χ4v) is 6.55. The number of anilines is 1. The molecule has 6 heteroatoms. The van der Waals surface area contributed by atoms with Gasteiger partial charge in [0.15, 0.2) is 0 Å². The van der Waals surface area contributed by atoms with Gasteiger partial charge in [0.05, 0.1) is 17.0 Å². The van der Waals surface area contributed by atoms with Crippen LogP contribution < -0.4 is 10.2 Å². The lowest BCUT2D eigenvalue weighted by atomic mass is 9.96. The van der Waals surface area contributed by atoms with E-state index < -0.39 is 0 Å². The number of nitrogens with zero attached hydrogens (tertiary/aromatic N) is 4. The predicted molar refractivity (Wildman–Crippen MR) is 145 cm³/mol. The third-order valence-corrected chi connectivity index (χ3v) is 8.53. The quantitative estimate of drug-likeness (QED) is 0.525. The average molecular weight is 486 g/mol. The summed E-state index contributed by atoms with van der Waals surface area (Å²) in [6.45, 7) is 4.84. The van der Waals surface area contributed by atoms with Gasteiger partial charge >= 0.3 is 0 Å². The number of benzene rings is 2. The summed E-state index contributed by atoms with van der Waals surface area (Å²) in [5.74, 6) is 1.36. The molecule has 1 saturated carbocycles. The Bertz CT molecular complexity index is 1160. The molecule has 6 nitrogen and oxygen atoms in total. The van der Waals surface area contributed by atoms with Crippen molar-refractivity contribution in [3.8, 4) is 0 Å². The number of hydrogen-bond acceptors (Lipinski definition) is 4. The Balaban J connectivity index is 1.08. The van der Waals surface area contributed by atoms with E-state index in [1.165, 1.54) is 36.8 Å². The highest BCUT2D eigenvalue weighted by atomic mass is 16.2. The summed E-state index contributed by atoms with van der Waals surface area (Å²) in [5, 5.41) is 3.42. The summed E-state index contributed by atoms with van der Waals surface area (Å²) in [4.78, 5) is 23.3. The van der Waals surface area contributed by atoms with E-state index in [1.54, 1.807) is 0 Å². The zero-order chi connectivity index (χ0) is 24.3. The molecular weight excluding hydrogens is 446 g/mol. The maximum atomic E-state index is 13.4. The number of imidazole rings is 1. The van der Waals surface area contributed by atoms with Crippen LogP contribution in [0.4, 0.5) is 5.95 Å². The summed E-state index contributed by atoms with van der Waals surface area (Å²) in [6.07, 6.45) is 9.14. The Morgan fingerprint density at radius 3 is 2.42 bits per heavy atom. The van der Waals surface area contributed by atoms with Crippen LogP contribution in [-0.4, -0.2) is 52.6 Å². The largest absolute Gasteiger partial charge is 0.353 e. The number of carbonyl (C=O) groups excluding carboxylic acids is 1. The number of rotatable bonds is 6. The highest BCUT2D eigenvalue weighted by Crippen LogP contribution is 2.37. The van der Waals surface area contributed by atoms with Gasteiger partial charge in [-0.3, -0.25) is 9.69 Å². The van der Waals surface area contributed by atoms with Crippen LogP contribution in [0.15, 0.2) is 54.6 Å². The number of fused-ring (bicyclic) bond motifs is 1. The van der Waals surface area contributed by atoms with Gasteiger partial charge in [-0.2, -0.15) is 0 Å². The Kier molecular flexibility index (Phi) is 6.95. The fourth-order valence-electron chi connectivity index (χ4n) is 6.55. The third-order valence-electron chi connectivity index (χ3n) is 8.53. The molecule has 0 radical (unpaired) electrons. The number of likely N-dealkylation sites (tertiary alicyclic amines) is 1. The average Bonchev–Trinajstić information content (AvgIpc) is 3.58. The normalized spacial score (nSPS) is 22.3. The fraction of sp³-hybridized carbons (Fsp3) is 0.533. The lowest BCUT2D eigenvalue weighted by molar-refractivity contribution is -0.126. The van der Waals surface area contributed by atoms with E-state index in [4.69, 9.17) is 4.98 Å². The van der Waals surface area contributed by atoms with E-state index in [0.29, 0.717) is 12.1 Å². The Morgan fingerprint density at radius 2 is 1.61 bits per heavy atom. The highest BCUT2D eigenvalue weighted by molar-refractivity contribution is 5.81. The molecule has 3 fully saturated rings. The SMILES string of the molecule is O=C(NC1CCN(Cc2ccccc2)CC1)[C@@H]1CCCN(c2nc3ccccc3n2C2CCCC2)C1. The molecule has 1 atom stereocenters. The number of piperidine rings is 2. The van der Waals surface area contributed by atoms with Crippen LogP contribution in [0.25, 0.3) is 11.0 Å².